The molecule has 0 aromatic carbocycles. The lowest BCUT2D eigenvalue weighted by molar-refractivity contribution is 0.0937. The number of nitrogens with one attached hydrogen (secondary N) is 1. The summed E-state index contributed by atoms with van der Waals surface area (Å²) >= 11 is 0. The van der Waals surface area contributed by atoms with E-state index in [1.807, 2.05) is 6.92 Å². The Morgan fingerprint density at radius 1 is 1.33 bits per heavy atom. The van der Waals surface area contributed by atoms with E-state index in [1.165, 1.54) is 12.3 Å². The molecule has 0 saturated carbocycles. The molecule has 7 heteroatoms. The van der Waals surface area contributed by atoms with E-state index in [-0.39, 0.29) is 10.8 Å². The SMILES string of the molecule is CCCn1cc(S(N)(=O)=O)cc1C(=O)NCC(CC)CC. The molecule has 6 nitrogen and oxygen atoms in total. The number of carbonyl (C=O) groups is 1. The third-order valence-corrected chi connectivity index (χ3v) is 4.48. The zero-order valence-corrected chi connectivity index (χ0v) is 13.7. The molecule has 1 aromatic rings. The smallest absolute Gasteiger partial charge is 0.267 e. The largest absolute Gasteiger partial charge is 0.350 e. The van der Waals surface area contributed by atoms with Crippen LogP contribution < -0.4 is 10.5 Å². The minimum Gasteiger partial charge on any atom is -0.350 e. The normalized spacial score (nSPS) is 11.9. The van der Waals surface area contributed by atoms with Crippen LogP contribution in [0.5, 0.6) is 0 Å². The Kier molecular flexibility index (Phi) is 6.42. The Balaban J connectivity index is 2.94. The van der Waals surface area contributed by atoms with Crippen LogP contribution in [0.25, 0.3) is 0 Å². The maximum atomic E-state index is 12.2. The predicted octanol–water partition coefficient (Wildman–Crippen LogP) is 1.71. The molecule has 1 amide bonds. The second-order valence-electron chi connectivity index (χ2n) is 5.19. The fourth-order valence-electron chi connectivity index (χ4n) is 2.16. The highest BCUT2D eigenvalue weighted by Gasteiger charge is 2.19. The first-order valence-electron chi connectivity index (χ1n) is 7.34. The second-order valence-corrected chi connectivity index (χ2v) is 6.75. The fourth-order valence-corrected chi connectivity index (χ4v) is 2.71. The minimum absolute atomic E-state index is 0.0244. The summed E-state index contributed by atoms with van der Waals surface area (Å²) in [5.74, 6) is 0.173. The maximum absolute atomic E-state index is 12.2. The Bertz CT molecular complexity index is 574. The van der Waals surface area contributed by atoms with Gasteiger partial charge in [0.25, 0.3) is 5.91 Å². The third-order valence-electron chi connectivity index (χ3n) is 3.60. The first-order valence-corrected chi connectivity index (χ1v) is 8.89. The van der Waals surface area contributed by atoms with Crippen molar-refractivity contribution in [3.05, 3.63) is 18.0 Å². The van der Waals surface area contributed by atoms with Crippen LogP contribution in [0, 0.1) is 5.92 Å². The number of primary sulfonamides is 1. The van der Waals surface area contributed by atoms with Crippen molar-refractivity contribution >= 4 is 15.9 Å². The van der Waals surface area contributed by atoms with E-state index in [4.69, 9.17) is 5.14 Å². The number of carbonyl (C=O) groups excluding carboxylic acids is 1. The Morgan fingerprint density at radius 3 is 2.43 bits per heavy atom. The summed E-state index contributed by atoms with van der Waals surface area (Å²) < 4.78 is 24.5. The average Bonchev–Trinajstić information content (AvgIpc) is 2.84. The molecule has 0 spiro atoms. The number of amides is 1. The van der Waals surface area contributed by atoms with Crippen molar-refractivity contribution in [3.63, 3.8) is 0 Å². The molecule has 1 aromatic heterocycles. The van der Waals surface area contributed by atoms with Crippen LogP contribution in [0.2, 0.25) is 0 Å². The van der Waals surface area contributed by atoms with Crippen LogP contribution >= 0.6 is 0 Å². The zero-order chi connectivity index (χ0) is 16.0. The first kappa shape index (κ1) is 17.7. The van der Waals surface area contributed by atoms with Crippen molar-refractivity contribution in [2.75, 3.05) is 6.54 Å². The molecule has 3 N–H and O–H groups in total. The summed E-state index contributed by atoms with van der Waals surface area (Å²) in [6, 6.07) is 1.34. The molecule has 120 valence electrons. The summed E-state index contributed by atoms with van der Waals surface area (Å²) in [7, 11) is -3.80. The van der Waals surface area contributed by atoms with Crippen LogP contribution in [0.15, 0.2) is 17.2 Å². The van der Waals surface area contributed by atoms with Crippen molar-refractivity contribution < 1.29 is 13.2 Å². The number of aromatic nitrogens is 1. The quantitative estimate of drug-likeness (QED) is 0.764. The van der Waals surface area contributed by atoms with Crippen LogP contribution in [0.1, 0.15) is 50.5 Å². The Hall–Kier alpha value is -1.34. The number of aryl methyl sites for hydroxylation is 1. The van der Waals surface area contributed by atoms with Crippen molar-refractivity contribution in [1.29, 1.82) is 0 Å². The van der Waals surface area contributed by atoms with E-state index in [1.54, 1.807) is 4.57 Å². The average molecular weight is 315 g/mol. The van der Waals surface area contributed by atoms with E-state index >= 15 is 0 Å². The molecule has 0 bridgehead atoms. The highest BCUT2D eigenvalue weighted by molar-refractivity contribution is 7.89. The van der Waals surface area contributed by atoms with Gasteiger partial charge in [-0.15, -0.1) is 0 Å². The Labute approximate surface area is 126 Å². The fraction of sp³-hybridized carbons (Fsp3) is 0.643. The summed E-state index contributed by atoms with van der Waals surface area (Å²) in [5.41, 5.74) is 0.340. The van der Waals surface area contributed by atoms with Gasteiger partial charge < -0.3 is 9.88 Å². The molecule has 0 fully saturated rings. The monoisotopic (exact) mass is 315 g/mol. The molecular formula is C14H25N3O3S. The zero-order valence-electron chi connectivity index (χ0n) is 12.9. The highest BCUT2D eigenvalue weighted by Crippen LogP contribution is 2.14. The number of nitrogens with zero attached hydrogens (tertiary/aromatic N) is 1. The van der Waals surface area contributed by atoms with Crippen LogP contribution in [0.4, 0.5) is 0 Å². The van der Waals surface area contributed by atoms with Gasteiger partial charge in [-0.1, -0.05) is 33.6 Å². The molecule has 0 unspecified atom stereocenters. The molecule has 0 radical (unpaired) electrons. The molecule has 1 rings (SSSR count). The summed E-state index contributed by atoms with van der Waals surface area (Å²) in [6.07, 6.45) is 4.21. The van der Waals surface area contributed by atoms with Gasteiger partial charge in [-0.25, -0.2) is 13.6 Å². The second kappa shape index (κ2) is 7.61. The van der Waals surface area contributed by atoms with Gasteiger partial charge in [-0.05, 0) is 18.4 Å². The van der Waals surface area contributed by atoms with E-state index < -0.39 is 10.0 Å². The van der Waals surface area contributed by atoms with Crippen LogP contribution in [0.3, 0.4) is 0 Å². The van der Waals surface area contributed by atoms with Crippen LogP contribution in [-0.4, -0.2) is 25.4 Å². The summed E-state index contributed by atoms with van der Waals surface area (Å²) in [5, 5.41) is 8.00. The van der Waals surface area contributed by atoms with E-state index in [2.05, 4.69) is 19.2 Å². The van der Waals surface area contributed by atoms with Gasteiger partial charge in [0.1, 0.15) is 10.6 Å². The first-order chi connectivity index (χ1) is 9.83. The van der Waals surface area contributed by atoms with Gasteiger partial charge in [0.15, 0.2) is 0 Å². The van der Waals surface area contributed by atoms with Crippen molar-refractivity contribution in [3.8, 4) is 0 Å². The van der Waals surface area contributed by atoms with Gasteiger partial charge in [0.2, 0.25) is 10.0 Å². The molecule has 0 atom stereocenters. The standard InChI is InChI=1S/C14H25N3O3S/c1-4-7-17-10-12(21(15,19)20)8-13(17)14(18)16-9-11(5-2)6-3/h8,10-11H,4-7,9H2,1-3H3,(H,16,18)(H2,15,19,20). The van der Waals surface area contributed by atoms with E-state index in [9.17, 15) is 13.2 Å². The van der Waals surface area contributed by atoms with Gasteiger partial charge >= 0.3 is 0 Å². The van der Waals surface area contributed by atoms with E-state index in [0.29, 0.717) is 24.7 Å². The van der Waals surface area contributed by atoms with E-state index in [0.717, 1.165) is 19.3 Å². The molecule has 1 heterocycles. The third kappa shape index (κ3) is 4.86. The summed E-state index contributed by atoms with van der Waals surface area (Å²) in [4.78, 5) is 12.2. The molecule has 0 saturated heterocycles. The van der Waals surface area contributed by atoms with Gasteiger partial charge in [-0.2, -0.15) is 0 Å². The molecule has 0 aliphatic heterocycles. The number of hydrogen-bond donors (Lipinski definition) is 2. The van der Waals surface area contributed by atoms with Gasteiger partial charge in [0, 0.05) is 19.3 Å². The number of nitrogens with two attached hydrogens (primary N) is 1. The predicted molar refractivity (Wildman–Crippen MR) is 82.5 cm³/mol. The summed E-state index contributed by atoms with van der Waals surface area (Å²) in [6.45, 7) is 7.29. The number of hydrogen-bond acceptors (Lipinski definition) is 3. The topological polar surface area (TPSA) is 94.2 Å². The molecular weight excluding hydrogens is 290 g/mol. The van der Waals surface area contributed by atoms with Crippen LogP contribution in [-0.2, 0) is 16.6 Å². The number of sulfonamides is 1. The highest BCUT2D eigenvalue weighted by atomic mass is 32.2. The lowest BCUT2D eigenvalue weighted by Gasteiger charge is -2.14. The van der Waals surface area contributed by atoms with Gasteiger partial charge in [0.05, 0.1) is 0 Å². The molecule has 21 heavy (non-hydrogen) atoms. The Morgan fingerprint density at radius 2 is 1.95 bits per heavy atom. The van der Waals surface area contributed by atoms with Gasteiger partial charge in [-0.3, -0.25) is 4.79 Å². The van der Waals surface area contributed by atoms with Crippen molar-refractivity contribution in [2.45, 2.75) is 51.5 Å². The minimum atomic E-state index is -3.80. The lowest BCUT2D eigenvalue weighted by atomic mass is 10.0. The number of rotatable bonds is 8. The maximum Gasteiger partial charge on any atom is 0.267 e. The molecule has 0 aliphatic rings. The lowest BCUT2D eigenvalue weighted by Crippen LogP contribution is -2.30. The van der Waals surface area contributed by atoms with Crippen molar-refractivity contribution in [2.24, 2.45) is 11.1 Å². The molecule has 0 aliphatic carbocycles. The van der Waals surface area contributed by atoms with Crippen molar-refractivity contribution in [1.82, 2.24) is 9.88 Å².